The van der Waals surface area contributed by atoms with Gasteiger partial charge in [-0.2, -0.15) is 0 Å². The summed E-state index contributed by atoms with van der Waals surface area (Å²) in [6.07, 6.45) is 1.99. The van der Waals surface area contributed by atoms with Crippen molar-refractivity contribution in [1.82, 2.24) is 4.90 Å². The van der Waals surface area contributed by atoms with Gasteiger partial charge in [0.25, 0.3) is 5.69 Å². The first kappa shape index (κ1) is 14.9. The molecule has 1 N–H and O–H groups in total. The number of nitrogens with one attached hydrogen (secondary N) is 1. The summed E-state index contributed by atoms with van der Waals surface area (Å²) in [5.41, 5.74) is 0.571. The number of nitro groups is 1. The Bertz CT molecular complexity index is 431. The van der Waals surface area contributed by atoms with E-state index in [0.29, 0.717) is 18.8 Å². The molecule has 1 aromatic carbocycles. The van der Waals surface area contributed by atoms with E-state index in [1.807, 2.05) is 6.92 Å². The molecule has 0 unspecified atom stereocenters. The van der Waals surface area contributed by atoms with Crippen molar-refractivity contribution < 1.29 is 9.72 Å². The maximum Gasteiger partial charge on any atom is 0.321 e. The second-order valence-corrected chi connectivity index (χ2v) is 4.17. The lowest BCUT2D eigenvalue weighted by Crippen LogP contribution is -2.35. The van der Waals surface area contributed by atoms with Crippen molar-refractivity contribution in [2.75, 3.05) is 18.4 Å². The maximum atomic E-state index is 11.9. The minimum absolute atomic E-state index is 0.0105. The van der Waals surface area contributed by atoms with E-state index in [1.54, 1.807) is 4.90 Å². The molecule has 0 saturated heterocycles. The highest BCUT2D eigenvalue weighted by atomic mass is 16.6. The Labute approximate surface area is 112 Å². The predicted molar refractivity (Wildman–Crippen MR) is 74.3 cm³/mol. The molecule has 0 bridgehead atoms. The van der Waals surface area contributed by atoms with E-state index < -0.39 is 4.92 Å². The summed E-state index contributed by atoms with van der Waals surface area (Å²) in [5, 5.41) is 13.2. The van der Waals surface area contributed by atoms with E-state index in [1.165, 1.54) is 24.3 Å². The zero-order valence-corrected chi connectivity index (χ0v) is 11.3. The van der Waals surface area contributed by atoms with Crippen LogP contribution in [0.3, 0.4) is 0 Å². The number of carbonyl (C=O) groups excluding carboxylic acids is 1. The lowest BCUT2D eigenvalue weighted by molar-refractivity contribution is -0.384. The summed E-state index contributed by atoms with van der Waals surface area (Å²) in [6, 6.07) is 5.63. The fourth-order valence-corrected chi connectivity index (χ4v) is 1.62. The molecule has 0 aliphatic carbocycles. The van der Waals surface area contributed by atoms with Gasteiger partial charge in [0.1, 0.15) is 0 Å². The minimum atomic E-state index is -0.467. The van der Waals surface area contributed by atoms with Crippen molar-refractivity contribution in [2.24, 2.45) is 0 Å². The fourth-order valence-electron chi connectivity index (χ4n) is 1.62. The van der Waals surface area contributed by atoms with Crippen molar-refractivity contribution in [3.8, 4) is 0 Å². The third-order valence-corrected chi connectivity index (χ3v) is 2.78. The van der Waals surface area contributed by atoms with Gasteiger partial charge < -0.3 is 10.2 Å². The van der Waals surface area contributed by atoms with Crippen LogP contribution in [0.2, 0.25) is 0 Å². The number of non-ortho nitro benzene ring substituents is 1. The third-order valence-electron chi connectivity index (χ3n) is 2.78. The summed E-state index contributed by atoms with van der Waals surface area (Å²) < 4.78 is 0. The molecule has 104 valence electrons. The lowest BCUT2D eigenvalue weighted by atomic mass is 10.3. The number of hydrogen-bond acceptors (Lipinski definition) is 3. The molecule has 0 aliphatic rings. The van der Waals surface area contributed by atoms with Crippen molar-refractivity contribution in [3.05, 3.63) is 34.4 Å². The molecular formula is C13H19N3O3. The van der Waals surface area contributed by atoms with Crippen LogP contribution in [-0.4, -0.2) is 28.9 Å². The quantitative estimate of drug-likeness (QED) is 0.633. The zero-order valence-electron chi connectivity index (χ0n) is 11.3. The molecule has 1 aromatic rings. The predicted octanol–water partition coefficient (Wildman–Crippen LogP) is 3.25. The van der Waals surface area contributed by atoms with Gasteiger partial charge in [-0.15, -0.1) is 0 Å². The molecule has 0 spiro atoms. The van der Waals surface area contributed by atoms with Gasteiger partial charge in [-0.1, -0.05) is 13.3 Å². The van der Waals surface area contributed by atoms with Crippen molar-refractivity contribution >= 4 is 17.4 Å². The van der Waals surface area contributed by atoms with Crippen LogP contribution in [0.1, 0.15) is 26.7 Å². The van der Waals surface area contributed by atoms with Crippen LogP contribution in [0.5, 0.6) is 0 Å². The highest BCUT2D eigenvalue weighted by Gasteiger charge is 2.11. The van der Waals surface area contributed by atoms with Crippen LogP contribution >= 0.6 is 0 Å². The molecule has 0 aromatic heterocycles. The summed E-state index contributed by atoms with van der Waals surface area (Å²) >= 11 is 0. The standard InChI is InChI=1S/C13H19N3O3/c1-3-5-10-15(4-2)13(17)14-11-6-8-12(9-7-11)16(18)19/h6-9H,3-5,10H2,1-2H3,(H,14,17). The van der Waals surface area contributed by atoms with E-state index in [-0.39, 0.29) is 11.7 Å². The van der Waals surface area contributed by atoms with E-state index in [2.05, 4.69) is 12.2 Å². The number of unbranched alkanes of at least 4 members (excludes halogenated alkanes) is 1. The van der Waals surface area contributed by atoms with Crippen LogP contribution < -0.4 is 5.32 Å². The van der Waals surface area contributed by atoms with Gasteiger partial charge in [0, 0.05) is 30.9 Å². The molecule has 0 atom stereocenters. The number of anilines is 1. The summed E-state index contributed by atoms with van der Waals surface area (Å²) in [5.74, 6) is 0. The number of rotatable bonds is 6. The molecule has 0 aliphatic heterocycles. The smallest absolute Gasteiger partial charge is 0.321 e. The van der Waals surface area contributed by atoms with E-state index in [9.17, 15) is 14.9 Å². The zero-order chi connectivity index (χ0) is 14.3. The van der Waals surface area contributed by atoms with Crippen molar-refractivity contribution in [3.63, 3.8) is 0 Å². The highest BCUT2D eigenvalue weighted by molar-refractivity contribution is 5.89. The molecule has 0 fully saturated rings. The number of nitro benzene ring substituents is 1. The summed E-state index contributed by atoms with van der Waals surface area (Å²) in [6.45, 7) is 5.35. The Balaban J connectivity index is 2.62. The van der Waals surface area contributed by atoms with Gasteiger partial charge >= 0.3 is 6.03 Å². The number of benzene rings is 1. The summed E-state index contributed by atoms with van der Waals surface area (Å²) in [7, 11) is 0. The van der Waals surface area contributed by atoms with Gasteiger partial charge in [0.15, 0.2) is 0 Å². The number of amides is 2. The molecule has 19 heavy (non-hydrogen) atoms. The van der Waals surface area contributed by atoms with Gasteiger partial charge in [-0.05, 0) is 25.5 Å². The third kappa shape index (κ3) is 4.57. The molecule has 6 nitrogen and oxygen atoms in total. The normalized spacial score (nSPS) is 10.0. The van der Waals surface area contributed by atoms with Gasteiger partial charge in [-0.25, -0.2) is 4.79 Å². The Hall–Kier alpha value is -2.11. The van der Waals surface area contributed by atoms with E-state index in [4.69, 9.17) is 0 Å². The molecule has 6 heteroatoms. The Morgan fingerprint density at radius 1 is 1.32 bits per heavy atom. The largest absolute Gasteiger partial charge is 0.325 e. The van der Waals surface area contributed by atoms with Gasteiger partial charge in [0.05, 0.1) is 4.92 Å². The lowest BCUT2D eigenvalue weighted by Gasteiger charge is -2.21. The maximum absolute atomic E-state index is 11.9. The average Bonchev–Trinajstić information content (AvgIpc) is 2.40. The van der Waals surface area contributed by atoms with Crippen LogP contribution in [0.4, 0.5) is 16.2 Å². The molecule has 0 heterocycles. The molecule has 0 saturated carbocycles. The van der Waals surface area contributed by atoms with Crippen LogP contribution in [-0.2, 0) is 0 Å². The first-order valence-corrected chi connectivity index (χ1v) is 6.38. The fraction of sp³-hybridized carbons (Fsp3) is 0.462. The van der Waals surface area contributed by atoms with Crippen LogP contribution in [0, 0.1) is 10.1 Å². The van der Waals surface area contributed by atoms with Crippen LogP contribution in [0.15, 0.2) is 24.3 Å². The molecule has 0 radical (unpaired) electrons. The van der Waals surface area contributed by atoms with Crippen molar-refractivity contribution in [2.45, 2.75) is 26.7 Å². The number of urea groups is 1. The molecular weight excluding hydrogens is 246 g/mol. The Kier molecular flexibility index (Phi) is 5.78. The summed E-state index contributed by atoms with van der Waals surface area (Å²) in [4.78, 5) is 23.7. The molecule has 2 amide bonds. The van der Waals surface area contributed by atoms with Gasteiger partial charge in [-0.3, -0.25) is 10.1 Å². The monoisotopic (exact) mass is 265 g/mol. The SMILES string of the molecule is CCCCN(CC)C(=O)Nc1ccc([N+](=O)[O-])cc1. The first-order chi connectivity index (χ1) is 9.08. The Morgan fingerprint density at radius 2 is 1.95 bits per heavy atom. The van der Waals surface area contributed by atoms with Crippen LogP contribution in [0.25, 0.3) is 0 Å². The van der Waals surface area contributed by atoms with E-state index in [0.717, 1.165) is 12.8 Å². The second-order valence-electron chi connectivity index (χ2n) is 4.17. The second kappa shape index (κ2) is 7.35. The average molecular weight is 265 g/mol. The topological polar surface area (TPSA) is 75.5 Å². The van der Waals surface area contributed by atoms with E-state index >= 15 is 0 Å². The van der Waals surface area contributed by atoms with Crippen molar-refractivity contribution in [1.29, 1.82) is 0 Å². The molecule has 1 rings (SSSR count). The minimum Gasteiger partial charge on any atom is -0.325 e. The highest BCUT2D eigenvalue weighted by Crippen LogP contribution is 2.15. The van der Waals surface area contributed by atoms with Gasteiger partial charge in [0.2, 0.25) is 0 Å². The first-order valence-electron chi connectivity index (χ1n) is 6.38. The Morgan fingerprint density at radius 3 is 2.42 bits per heavy atom. The number of nitrogens with zero attached hydrogens (tertiary/aromatic N) is 2. The number of hydrogen-bond donors (Lipinski definition) is 1. The number of carbonyl (C=O) groups is 1.